The van der Waals surface area contributed by atoms with Crippen molar-refractivity contribution >= 4 is 11.4 Å². The lowest BCUT2D eigenvalue weighted by Crippen LogP contribution is -2.32. The molecular formula is C23H20N4O5. The first-order chi connectivity index (χ1) is 15.6. The van der Waals surface area contributed by atoms with Gasteiger partial charge in [-0.25, -0.2) is 4.52 Å². The molecule has 0 unspecified atom stereocenters. The zero-order valence-corrected chi connectivity index (χ0v) is 17.3. The van der Waals surface area contributed by atoms with Gasteiger partial charge in [-0.2, -0.15) is 5.10 Å². The van der Waals surface area contributed by atoms with Gasteiger partial charge in [0, 0.05) is 24.5 Å². The molecule has 0 spiro atoms. The topological polar surface area (TPSA) is 96.1 Å². The number of hydrogen-bond donors (Lipinski definition) is 1. The van der Waals surface area contributed by atoms with Crippen LogP contribution in [0, 0.1) is 0 Å². The van der Waals surface area contributed by atoms with Gasteiger partial charge in [-0.3, -0.25) is 9.59 Å². The number of nitrogens with zero attached hydrogens (tertiary/aromatic N) is 3. The number of carbonyl (C=O) groups is 1. The number of methoxy groups -OCH3 is 1. The van der Waals surface area contributed by atoms with E-state index in [0.717, 1.165) is 16.9 Å². The van der Waals surface area contributed by atoms with Crippen molar-refractivity contribution in [2.45, 2.75) is 13.1 Å². The number of benzene rings is 2. The summed E-state index contributed by atoms with van der Waals surface area (Å²) in [5, 5.41) is 7.30. The van der Waals surface area contributed by atoms with Gasteiger partial charge in [-0.05, 0) is 42.0 Å². The first-order valence-electron chi connectivity index (χ1n) is 9.99. The molecule has 0 atom stereocenters. The number of ether oxygens (including phenoxy) is 3. The van der Waals surface area contributed by atoms with Crippen LogP contribution >= 0.6 is 0 Å². The normalized spacial score (nSPS) is 12.2. The molecule has 162 valence electrons. The van der Waals surface area contributed by atoms with Gasteiger partial charge in [-0.15, -0.1) is 0 Å². The summed E-state index contributed by atoms with van der Waals surface area (Å²) in [5.74, 6) is 1.81. The Bertz CT molecular complexity index is 1360. The Hall–Kier alpha value is -4.27. The predicted molar refractivity (Wildman–Crippen MR) is 116 cm³/mol. The zero-order valence-electron chi connectivity index (χ0n) is 17.3. The molecule has 3 heterocycles. The van der Waals surface area contributed by atoms with Gasteiger partial charge >= 0.3 is 0 Å². The predicted octanol–water partition coefficient (Wildman–Crippen LogP) is 2.22. The molecular weight excluding hydrogens is 412 g/mol. The van der Waals surface area contributed by atoms with Gasteiger partial charge in [0.2, 0.25) is 12.7 Å². The second-order valence-electron chi connectivity index (χ2n) is 7.28. The molecule has 9 nitrogen and oxygen atoms in total. The van der Waals surface area contributed by atoms with Crippen LogP contribution in [0.15, 0.2) is 65.7 Å². The van der Waals surface area contributed by atoms with Gasteiger partial charge in [0.25, 0.3) is 5.56 Å². The van der Waals surface area contributed by atoms with E-state index in [0.29, 0.717) is 29.3 Å². The monoisotopic (exact) mass is 432 g/mol. The summed E-state index contributed by atoms with van der Waals surface area (Å²) in [7, 11) is 1.60. The fourth-order valence-corrected chi connectivity index (χ4v) is 3.50. The average molecular weight is 432 g/mol. The summed E-state index contributed by atoms with van der Waals surface area (Å²) in [6.07, 6.45) is 3.21. The number of amides is 1. The maximum absolute atomic E-state index is 12.9. The molecule has 0 saturated heterocycles. The van der Waals surface area contributed by atoms with Crippen LogP contribution in [0.25, 0.3) is 16.8 Å². The van der Waals surface area contributed by atoms with Crippen LogP contribution in [-0.2, 0) is 17.9 Å². The highest BCUT2D eigenvalue weighted by Crippen LogP contribution is 2.35. The van der Waals surface area contributed by atoms with E-state index >= 15 is 0 Å². The molecule has 0 bridgehead atoms. The van der Waals surface area contributed by atoms with E-state index in [4.69, 9.17) is 14.2 Å². The Labute approximate surface area is 182 Å². The third kappa shape index (κ3) is 3.76. The van der Waals surface area contributed by atoms with Crippen molar-refractivity contribution in [1.29, 1.82) is 0 Å². The highest BCUT2D eigenvalue weighted by Gasteiger charge is 2.16. The zero-order chi connectivity index (χ0) is 22.1. The van der Waals surface area contributed by atoms with E-state index in [2.05, 4.69) is 10.4 Å². The minimum Gasteiger partial charge on any atom is -0.497 e. The second-order valence-corrected chi connectivity index (χ2v) is 7.28. The van der Waals surface area contributed by atoms with Crippen molar-refractivity contribution in [3.8, 4) is 28.5 Å². The van der Waals surface area contributed by atoms with Crippen molar-refractivity contribution in [3.05, 3.63) is 76.8 Å². The molecule has 0 aliphatic carbocycles. The average Bonchev–Trinajstić information content (AvgIpc) is 3.47. The lowest BCUT2D eigenvalue weighted by atomic mass is 10.1. The minimum atomic E-state index is -0.299. The highest BCUT2D eigenvalue weighted by atomic mass is 16.7. The van der Waals surface area contributed by atoms with E-state index in [-0.39, 0.29) is 24.8 Å². The fourth-order valence-electron chi connectivity index (χ4n) is 3.50. The van der Waals surface area contributed by atoms with Crippen molar-refractivity contribution in [2.75, 3.05) is 13.9 Å². The summed E-state index contributed by atoms with van der Waals surface area (Å²) in [6.45, 7) is 0.464. The second kappa shape index (κ2) is 8.10. The molecule has 0 saturated carbocycles. The first kappa shape index (κ1) is 19.7. The number of nitrogens with one attached hydrogen (secondary N) is 1. The van der Waals surface area contributed by atoms with E-state index in [9.17, 15) is 9.59 Å². The van der Waals surface area contributed by atoms with Gasteiger partial charge in [0.1, 0.15) is 17.8 Å². The fraction of sp³-hybridized carbons (Fsp3) is 0.174. The summed E-state index contributed by atoms with van der Waals surface area (Å²) in [5.41, 5.74) is 2.45. The summed E-state index contributed by atoms with van der Waals surface area (Å²) in [6, 6.07) is 14.6. The number of hydrogen-bond acceptors (Lipinski definition) is 6. The minimum absolute atomic E-state index is 0.0873. The number of carbonyl (C=O) groups excluding carboxylic acids is 1. The van der Waals surface area contributed by atoms with Crippen LogP contribution in [-0.4, -0.2) is 34.0 Å². The SMILES string of the molecule is COc1ccc(CNC(=O)Cn2ccn3nc(-c4ccc5c(c4)OCO5)cc3c2=O)cc1. The van der Waals surface area contributed by atoms with E-state index in [1.54, 1.807) is 25.6 Å². The molecule has 1 N–H and O–H groups in total. The number of rotatable bonds is 6. The quantitative estimate of drug-likeness (QED) is 0.502. The largest absolute Gasteiger partial charge is 0.497 e. The third-order valence-corrected chi connectivity index (χ3v) is 5.23. The standard InChI is InChI=1S/C23H20N4O5/c1-30-17-5-2-15(3-6-17)12-24-22(28)13-26-8-9-27-19(23(26)29)11-18(25-27)16-4-7-20-21(10-16)32-14-31-20/h2-11H,12-14H2,1H3,(H,24,28). The molecule has 4 aromatic rings. The van der Waals surface area contributed by atoms with Crippen LogP contribution in [0.4, 0.5) is 0 Å². The number of fused-ring (bicyclic) bond motifs is 2. The van der Waals surface area contributed by atoms with E-state index in [1.807, 2.05) is 42.5 Å². The molecule has 2 aromatic carbocycles. The molecule has 1 amide bonds. The third-order valence-electron chi connectivity index (χ3n) is 5.23. The lowest BCUT2D eigenvalue weighted by molar-refractivity contribution is -0.121. The van der Waals surface area contributed by atoms with Gasteiger partial charge in [-0.1, -0.05) is 12.1 Å². The Morgan fingerprint density at radius 1 is 1.09 bits per heavy atom. The van der Waals surface area contributed by atoms with Crippen LogP contribution in [0.1, 0.15) is 5.56 Å². The van der Waals surface area contributed by atoms with E-state index < -0.39 is 0 Å². The smallest absolute Gasteiger partial charge is 0.277 e. The van der Waals surface area contributed by atoms with Crippen molar-refractivity contribution in [1.82, 2.24) is 19.5 Å². The first-order valence-corrected chi connectivity index (χ1v) is 9.99. The Balaban J connectivity index is 1.32. The number of aromatic nitrogens is 3. The maximum Gasteiger partial charge on any atom is 0.277 e. The maximum atomic E-state index is 12.9. The summed E-state index contributed by atoms with van der Waals surface area (Å²) >= 11 is 0. The summed E-state index contributed by atoms with van der Waals surface area (Å²) < 4.78 is 18.7. The van der Waals surface area contributed by atoms with Gasteiger partial charge < -0.3 is 24.1 Å². The molecule has 0 radical (unpaired) electrons. The molecule has 1 aliphatic heterocycles. The molecule has 9 heteroatoms. The van der Waals surface area contributed by atoms with Crippen LogP contribution < -0.4 is 25.1 Å². The molecule has 32 heavy (non-hydrogen) atoms. The molecule has 0 fully saturated rings. The van der Waals surface area contributed by atoms with E-state index in [1.165, 1.54) is 9.08 Å². The van der Waals surface area contributed by atoms with Crippen LogP contribution in [0.3, 0.4) is 0 Å². The Kier molecular flexibility index (Phi) is 4.98. The van der Waals surface area contributed by atoms with Gasteiger partial charge in [0.15, 0.2) is 11.5 Å². The van der Waals surface area contributed by atoms with Crippen molar-refractivity contribution < 1.29 is 19.0 Å². The van der Waals surface area contributed by atoms with Crippen LogP contribution in [0.5, 0.6) is 17.2 Å². The van der Waals surface area contributed by atoms with Gasteiger partial charge in [0.05, 0.1) is 12.8 Å². The molecule has 5 rings (SSSR count). The molecule has 1 aliphatic rings. The van der Waals surface area contributed by atoms with Crippen molar-refractivity contribution in [3.63, 3.8) is 0 Å². The molecule has 2 aromatic heterocycles. The summed E-state index contributed by atoms with van der Waals surface area (Å²) in [4.78, 5) is 25.3. The highest BCUT2D eigenvalue weighted by molar-refractivity contribution is 5.76. The Morgan fingerprint density at radius 3 is 2.72 bits per heavy atom. The van der Waals surface area contributed by atoms with Crippen molar-refractivity contribution in [2.24, 2.45) is 0 Å². The Morgan fingerprint density at radius 2 is 1.91 bits per heavy atom. The lowest BCUT2D eigenvalue weighted by Gasteiger charge is -2.08. The van der Waals surface area contributed by atoms with Crippen LogP contribution in [0.2, 0.25) is 0 Å².